The number of rotatable bonds is 12. The molecule has 0 bridgehead atoms. The van der Waals surface area contributed by atoms with Crippen molar-refractivity contribution in [3.8, 4) is 11.5 Å². The Labute approximate surface area is 259 Å². The van der Waals surface area contributed by atoms with Crippen LogP contribution in [0.1, 0.15) is 23.6 Å². The first-order chi connectivity index (χ1) is 20.3. The number of benzene rings is 4. The topological polar surface area (TPSA) is 89.0 Å². The molecule has 0 fully saturated rings. The molecule has 0 aliphatic heterocycles. The van der Waals surface area contributed by atoms with E-state index in [9.17, 15) is 9.59 Å². The lowest BCUT2D eigenvalue weighted by atomic mass is 10.1. The molecule has 0 saturated heterocycles. The van der Waals surface area contributed by atoms with Gasteiger partial charge in [0.25, 0.3) is 11.8 Å². The second kappa shape index (κ2) is 15.3. The molecule has 7 nitrogen and oxygen atoms in total. The van der Waals surface area contributed by atoms with E-state index < -0.39 is 24.0 Å². The van der Waals surface area contributed by atoms with Gasteiger partial charge in [-0.25, -0.2) is 5.43 Å². The molecule has 2 N–H and O–H groups in total. The van der Waals surface area contributed by atoms with Crippen LogP contribution in [0.25, 0.3) is 0 Å². The van der Waals surface area contributed by atoms with Gasteiger partial charge in [0.2, 0.25) is 0 Å². The third-order valence-electron chi connectivity index (χ3n) is 6.07. The maximum atomic E-state index is 13.1. The summed E-state index contributed by atoms with van der Waals surface area (Å²) in [5.41, 5.74) is 5.14. The molecule has 4 aromatic rings. The Balaban J connectivity index is 1.35. The molecular formula is C32H28Cl3N3O4. The molecule has 2 amide bonds. The van der Waals surface area contributed by atoms with Gasteiger partial charge in [0.1, 0.15) is 24.1 Å². The molecule has 0 radical (unpaired) electrons. The van der Waals surface area contributed by atoms with Crippen LogP contribution in [-0.4, -0.2) is 30.2 Å². The fourth-order valence-electron chi connectivity index (χ4n) is 3.81. The van der Waals surface area contributed by atoms with Gasteiger partial charge in [-0.1, -0.05) is 77.3 Å². The molecule has 42 heavy (non-hydrogen) atoms. The van der Waals surface area contributed by atoms with E-state index in [-0.39, 0.29) is 11.4 Å². The van der Waals surface area contributed by atoms with E-state index in [0.717, 1.165) is 16.7 Å². The number of carbonyl (C=O) groups excluding carboxylic acids is 2. The second-order valence-corrected chi connectivity index (χ2v) is 10.6. The van der Waals surface area contributed by atoms with Crippen LogP contribution in [0, 0.1) is 0 Å². The minimum absolute atomic E-state index is 0.252. The van der Waals surface area contributed by atoms with Crippen molar-refractivity contribution in [2.24, 2.45) is 5.10 Å². The molecule has 0 aliphatic carbocycles. The minimum Gasteiger partial charge on any atom is -0.489 e. The van der Waals surface area contributed by atoms with Crippen LogP contribution < -0.4 is 20.2 Å². The van der Waals surface area contributed by atoms with Crippen LogP contribution in [0.3, 0.4) is 0 Å². The third-order valence-corrected chi connectivity index (χ3v) is 6.85. The highest BCUT2D eigenvalue weighted by Gasteiger charge is 2.25. The molecule has 4 rings (SSSR count). The van der Waals surface area contributed by atoms with E-state index in [0.29, 0.717) is 28.2 Å². The fraction of sp³-hybridized carbons (Fsp3) is 0.156. The molecular weight excluding hydrogens is 597 g/mol. The third kappa shape index (κ3) is 9.52. The largest absolute Gasteiger partial charge is 0.489 e. The van der Waals surface area contributed by atoms with Crippen LogP contribution >= 0.6 is 34.8 Å². The average Bonchev–Trinajstić information content (AvgIpc) is 2.99. The molecule has 0 aromatic heterocycles. The van der Waals surface area contributed by atoms with E-state index >= 15 is 0 Å². The highest BCUT2D eigenvalue weighted by atomic mass is 35.5. The number of carbonyl (C=O) groups is 2. The van der Waals surface area contributed by atoms with Crippen LogP contribution in [0.15, 0.2) is 102 Å². The molecule has 4 aromatic carbocycles. The van der Waals surface area contributed by atoms with E-state index in [2.05, 4.69) is 15.8 Å². The molecule has 216 valence electrons. The van der Waals surface area contributed by atoms with Crippen molar-refractivity contribution in [3.63, 3.8) is 0 Å². The maximum absolute atomic E-state index is 13.1. The number of nitrogens with one attached hydrogen (secondary N) is 2. The lowest BCUT2D eigenvalue weighted by Gasteiger charge is -2.21. The number of halogens is 3. The van der Waals surface area contributed by atoms with Gasteiger partial charge >= 0.3 is 0 Å². The molecule has 0 unspecified atom stereocenters. The SMILES string of the molecule is C[C@H](Oc1ccc(Cl)cc1Cl)C(=O)N[C@H](Cc1ccccc1)C(=O)N/N=C\c1ccc(OCc2ccc(Cl)cc2)cc1. The molecule has 0 heterocycles. The zero-order chi connectivity index (χ0) is 29.9. The fourth-order valence-corrected chi connectivity index (χ4v) is 4.39. The Hall–Kier alpha value is -4.04. The Kier molecular flexibility index (Phi) is 11.2. The summed E-state index contributed by atoms with van der Waals surface area (Å²) in [5, 5.41) is 8.24. The molecule has 0 spiro atoms. The van der Waals surface area contributed by atoms with Gasteiger partial charge in [0.05, 0.1) is 11.2 Å². The lowest BCUT2D eigenvalue weighted by molar-refractivity contribution is -0.132. The van der Waals surface area contributed by atoms with Gasteiger partial charge in [0.15, 0.2) is 6.10 Å². The molecule has 0 saturated carbocycles. The van der Waals surface area contributed by atoms with E-state index in [1.165, 1.54) is 12.3 Å². The summed E-state index contributed by atoms with van der Waals surface area (Å²) in [5.74, 6) is 0.0186. The summed E-state index contributed by atoms with van der Waals surface area (Å²) in [7, 11) is 0. The number of hydrogen-bond acceptors (Lipinski definition) is 5. The summed E-state index contributed by atoms with van der Waals surface area (Å²) >= 11 is 18.0. The zero-order valence-corrected chi connectivity index (χ0v) is 24.9. The Morgan fingerprint density at radius 3 is 2.21 bits per heavy atom. The van der Waals surface area contributed by atoms with Crippen molar-refractivity contribution in [1.82, 2.24) is 10.7 Å². The van der Waals surface area contributed by atoms with Crippen molar-refractivity contribution >= 4 is 52.8 Å². The number of nitrogens with zero attached hydrogens (tertiary/aromatic N) is 1. The van der Waals surface area contributed by atoms with Crippen LogP contribution in [0.5, 0.6) is 11.5 Å². The van der Waals surface area contributed by atoms with Gasteiger partial charge in [0, 0.05) is 16.5 Å². The predicted molar refractivity (Wildman–Crippen MR) is 167 cm³/mol. The Morgan fingerprint density at radius 2 is 1.52 bits per heavy atom. The maximum Gasteiger partial charge on any atom is 0.262 e. The summed E-state index contributed by atoms with van der Waals surface area (Å²) in [6.45, 7) is 1.98. The van der Waals surface area contributed by atoms with E-state index in [1.54, 1.807) is 19.1 Å². The smallest absolute Gasteiger partial charge is 0.262 e. The van der Waals surface area contributed by atoms with Gasteiger partial charge in [-0.2, -0.15) is 5.10 Å². The Bertz CT molecular complexity index is 1510. The summed E-state index contributed by atoms with van der Waals surface area (Å²) in [4.78, 5) is 26.1. The van der Waals surface area contributed by atoms with Gasteiger partial charge in [-0.05, 0) is 78.2 Å². The van der Waals surface area contributed by atoms with Crippen molar-refractivity contribution in [1.29, 1.82) is 0 Å². The first-order valence-corrected chi connectivity index (χ1v) is 14.2. The van der Waals surface area contributed by atoms with Crippen molar-refractivity contribution in [2.45, 2.75) is 32.1 Å². The molecule has 2 atom stereocenters. The Morgan fingerprint density at radius 1 is 0.833 bits per heavy atom. The zero-order valence-electron chi connectivity index (χ0n) is 22.6. The predicted octanol–water partition coefficient (Wildman–Crippen LogP) is 6.87. The van der Waals surface area contributed by atoms with Crippen molar-refractivity contribution in [2.75, 3.05) is 0 Å². The first-order valence-electron chi connectivity index (χ1n) is 13.0. The minimum atomic E-state index is -0.932. The van der Waals surface area contributed by atoms with Gasteiger partial charge in [-0.15, -0.1) is 0 Å². The van der Waals surface area contributed by atoms with Crippen LogP contribution in [0.4, 0.5) is 0 Å². The molecule has 10 heteroatoms. The second-order valence-electron chi connectivity index (χ2n) is 9.30. The summed E-state index contributed by atoms with van der Waals surface area (Å²) < 4.78 is 11.5. The monoisotopic (exact) mass is 623 g/mol. The van der Waals surface area contributed by atoms with Crippen LogP contribution in [0.2, 0.25) is 15.1 Å². The highest BCUT2D eigenvalue weighted by molar-refractivity contribution is 6.35. The van der Waals surface area contributed by atoms with Crippen molar-refractivity contribution in [3.05, 3.63) is 129 Å². The number of hydrogen-bond donors (Lipinski definition) is 2. The average molecular weight is 625 g/mol. The van der Waals surface area contributed by atoms with E-state index in [4.69, 9.17) is 44.3 Å². The standard InChI is InChI=1S/C32H28Cl3N3O4/c1-21(42-30-16-13-26(34)18-28(30)35)31(39)37-29(17-22-5-3-2-4-6-22)32(40)38-36-19-23-9-14-27(15-10-23)41-20-24-7-11-25(33)12-8-24/h2-16,18-19,21,29H,17,20H2,1H3,(H,37,39)(H,38,40)/b36-19-/t21-,29+/m0/s1. The van der Waals surface area contributed by atoms with Crippen molar-refractivity contribution < 1.29 is 19.1 Å². The van der Waals surface area contributed by atoms with Gasteiger partial charge < -0.3 is 14.8 Å². The lowest BCUT2D eigenvalue weighted by Crippen LogP contribution is -2.50. The number of hydrazone groups is 1. The van der Waals surface area contributed by atoms with E-state index in [1.807, 2.05) is 78.9 Å². The number of amides is 2. The summed E-state index contributed by atoms with van der Waals surface area (Å²) in [6, 6.07) is 27.8. The number of ether oxygens (including phenoxy) is 2. The van der Waals surface area contributed by atoms with Crippen LogP contribution in [-0.2, 0) is 22.6 Å². The molecule has 0 aliphatic rings. The quantitative estimate of drug-likeness (QED) is 0.133. The van der Waals surface area contributed by atoms with Gasteiger partial charge in [-0.3, -0.25) is 9.59 Å². The normalized spacial score (nSPS) is 12.4. The highest BCUT2D eigenvalue weighted by Crippen LogP contribution is 2.28. The summed E-state index contributed by atoms with van der Waals surface area (Å²) in [6.07, 6.45) is 0.831. The first kappa shape index (κ1) is 30.9.